The van der Waals surface area contributed by atoms with E-state index in [1.165, 1.54) is 24.5 Å². The Morgan fingerprint density at radius 1 is 1.32 bits per heavy atom. The normalized spacial score (nSPS) is 13.4. The Morgan fingerprint density at radius 3 is 2.58 bits per heavy atom. The van der Waals surface area contributed by atoms with Crippen LogP contribution in [0.25, 0.3) is 0 Å². The number of rotatable bonds is 4. The number of sulfonamides is 1. The first-order valence-corrected chi connectivity index (χ1v) is 7.31. The highest BCUT2D eigenvalue weighted by Crippen LogP contribution is 2.17. The van der Waals surface area contributed by atoms with Crippen molar-refractivity contribution in [3.63, 3.8) is 0 Å². The van der Waals surface area contributed by atoms with Gasteiger partial charge in [0.2, 0.25) is 15.9 Å². The average molecular weight is 302 g/mol. The summed E-state index contributed by atoms with van der Waals surface area (Å²) in [5.74, 6) is 0.928. The van der Waals surface area contributed by atoms with E-state index in [2.05, 4.69) is 14.7 Å². The third kappa shape index (κ3) is 3.31. The molecule has 2 heterocycles. The van der Waals surface area contributed by atoms with Gasteiger partial charge in [0.25, 0.3) is 0 Å². The Hall–Kier alpha value is -1.44. The number of aromatic nitrogens is 2. The third-order valence-electron chi connectivity index (χ3n) is 2.35. The van der Waals surface area contributed by atoms with E-state index in [-0.39, 0.29) is 10.0 Å². The number of oxazole rings is 1. The van der Waals surface area contributed by atoms with Crippen LogP contribution in [-0.2, 0) is 10.0 Å². The summed E-state index contributed by atoms with van der Waals surface area (Å²) < 4.78 is 31.9. The van der Waals surface area contributed by atoms with Gasteiger partial charge in [-0.05, 0) is 26.0 Å². The zero-order chi connectivity index (χ0) is 14.0. The van der Waals surface area contributed by atoms with Crippen molar-refractivity contribution in [3.05, 3.63) is 41.3 Å². The number of hydrogen-bond donors (Lipinski definition) is 1. The lowest BCUT2D eigenvalue weighted by molar-refractivity contribution is 0.428. The molecule has 0 aliphatic carbocycles. The molecule has 2 rings (SSSR count). The fourth-order valence-corrected chi connectivity index (χ4v) is 2.70. The second kappa shape index (κ2) is 5.28. The smallest absolute Gasteiger partial charge is 0.242 e. The van der Waals surface area contributed by atoms with Crippen molar-refractivity contribution in [2.75, 3.05) is 0 Å². The number of hydrogen-bond acceptors (Lipinski definition) is 5. The molecule has 102 valence electrons. The molecular weight excluding hydrogens is 290 g/mol. The zero-order valence-electron chi connectivity index (χ0n) is 10.3. The molecule has 0 bridgehead atoms. The first kappa shape index (κ1) is 14.0. The average Bonchev–Trinajstić information content (AvgIpc) is 2.76. The second-order valence-electron chi connectivity index (χ2n) is 3.97. The molecule has 0 amide bonds. The van der Waals surface area contributed by atoms with Crippen molar-refractivity contribution < 1.29 is 12.8 Å². The van der Waals surface area contributed by atoms with Gasteiger partial charge in [-0.15, -0.1) is 0 Å². The maximum absolute atomic E-state index is 12.1. The van der Waals surface area contributed by atoms with E-state index in [9.17, 15) is 8.42 Å². The van der Waals surface area contributed by atoms with Crippen LogP contribution in [0, 0.1) is 6.92 Å². The Kier molecular flexibility index (Phi) is 3.88. The van der Waals surface area contributed by atoms with Gasteiger partial charge in [0.05, 0.1) is 12.2 Å². The standard InChI is InChI=1S/C11H12ClN3O3S/c1-7-5-14-11(18-7)8(2)15-19(16,17)9-3-4-10(12)13-6-9/h3-6,8,15H,1-2H3. The SMILES string of the molecule is Cc1cnc(C(C)NS(=O)(=O)c2ccc(Cl)nc2)o1. The van der Waals surface area contributed by atoms with Crippen molar-refractivity contribution in [1.29, 1.82) is 0 Å². The summed E-state index contributed by atoms with van der Waals surface area (Å²) >= 11 is 5.61. The lowest BCUT2D eigenvalue weighted by Gasteiger charge is -2.10. The van der Waals surface area contributed by atoms with E-state index in [4.69, 9.17) is 16.0 Å². The van der Waals surface area contributed by atoms with Crippen LogP contribution in [0.5, 0.6) is 0 Å². The molecule has 1 N–H and O–H groups in total. The van der Waals surface area contributed by atoms with Crippen molar-refractivity contribution in [1.82, 2.24) is 14.7 Å². The van der Waals surface area contributed by atoms with Gasteiger partial charge in [-0.25, -0.2) is 18.4 Å². The summed E-state index contributed by atoms with van der Waals surface area (Å²) in [5, 5.41) is 0.232. The maximum atomic E-state index is 12.1. The first-order valence-electron chi connectivity index (χ1n) is 5.45. The molecule has 2 aromatic heterocycles. The van der Waals surface area contributed by atoms with Gasteiger partial charge in [-0.3, -0.25) is 0 Å². The Bertz CT molecular complexity index is 667. The van der Waals surface area contributed by atoms with Crippen LogP contribution in [0.4, 0.5) is 0 Å². The van der Waals surface area contributed by atoms with Gasteiger partial charge in [0.15, 0.2) is 0 Å². The minimum absolute atomic E-state index is 0.0343. The summed E-state index contributed by atoms with van der Waals surface area (Å²) in [6.07, 6.45) is 2.72. The van der Waals surface area contributed by atoms with E-state index in [0.29, 0.717) is 11.7 Å². The van der Waals surface area contributed by atoms with Crippen molar-refractivity contribution >= 4 is 21.6 Å². The molecule has 0 saturated heterocycles. The minimum atomic E-state index is -3.69. The highest BCUT2D eigenvalue weighted by molar-refractivity contribution is 7.89. The van der Waals surface area contributed by atoms with Crippen LogP contribution in [0.3, 0.4) is 0 Å². The number of nitrogens with one attached hydrogen (secondary N) is 1. The van der Waals surface area contributed by atoms with Crippen molar-refractivity contribution in [2.24, 2.45) is 0 Å². The van der Waals surface area contributed by atoms with Gasteiger partial charge in [0.1, 0.15) is 15.8 Å². The first-order chi connectivity index (χ1) is 8.88. The maximum Gasteiger partial charge on any atom is 0.242 e. The highest BCUT2D eigenvalue weighted by Gasteiger charge is 2.21. The van der Waals surface area contributed by atoms with E-state index < -0.39 is 16.1 Å². The summed E-state index contributed by atoms with van der Waals surface area (Å²) in [4.78, 5) is 7.75. The van der Waals surface area contributed by atoms with E-state index in [1.807, 2.05) is 0 Å². The molecule has 8 heteroatoms. The number of aryl methyl sites for hydroxylation is 1. The number of nitrogens with zero attached hydrogens (tertiary/aromatic N) is 2. The zero-order valence-corrected chi connectivity index (χ0v) is 11.9. The molecule has 6 nitrogen and oxygen atoms in total. The lowest BCUT2D eigenvalue weighted by atomic mass is 10.4. The van der Waals surface area contributed by atoms with Crippen molar-refractivity contribution in [3.8, 4) is 0 Å². The van der Waals surface area contributed by atoms with E-state index >= 15 is 0 Å². The third-order valence-corrected chi connectivity index (χ3v) is 4.10. The van der Waals surface area contributed by atoms with Gasteiger partial charge in [0, 0.05) is 6.20 Å². The molecule has 1 unspecified atom stereocenters. The summed E-state index contributed by atoms with van der Waals surface area (Å²) in [5.41, 5.74) is 0. The predicted molar refractivity (Wildman–Crippen MR) is 69.2 cm³/mol. The molecule has 0 saturated carbocycles. The molecule has 0 aromatic carbocycles. The van der Waals surface area contributed by atoms with E-state index in [1.54, 1.807) is 13.8 Å². The monoisotopic (exact) mass is 301 g/mol. The van der Waals surface area contributed by atoms with Crippen LogP contribution < -0.4 is 4.72 Å². The van der Waals surface area contributed by atoms with Gasteiger partial charge >= 0.3 is 0 Å². The number of halogens is 1. The van der Waals surface area contributed by atoms with Gasteiger partial charge < -0.3 is 4.42 Å². The molecule has 19 heavy (non-hydrogen) atoms. The fraction of sp³-hybridized carbons (Fsp3) is 0.273. The second-order valence-corrected chi connectivity index (χ2v) is 6.07. The highest BCUT2D eigenvalue weighted by atomic mass is 35.5. The van der Waals surface area contributed by atoms with Crippen LogP contribution in [0.2, 0.25) is 5.15 Å². The number of pyridine rings is 1. The topological polar surface area (TPSA) is 85.1 Å². The Morgan fingerprint density at radius 2 is 2.05 bits per heavy atom. The molecule has 0 fully saturated rings. The molecule has 0 aliphatic heterocycles. The summed E-state index contributed by atoms with van der Waals surface area (Å²) in [6.45, 7) is 3.38. The largest absolute Gasteiger partial charge is 0.444 e. The van der Waals surface area contributed by atoms with Crippen LogP contribution in [-0.4, -0.2) is 18.4 Å². The molecule has 0 spiro atoms. The van der Waals surface area contributed by atoms with Gasteiger partial charge in [-0.2, -0.15) is 4.72 Å². The molecule has 1 atom stereocenters. The van der Waals surface area contributed by atoms with Crippen LogP contribution in [0.1, 0.15) is 24.6 Å². The summed E-state index contributed by atoms with van der Waals surface area (Å²) in [7, 11) is -3.69. The van der Waals surface area contributed by atoms with E-state index in [0.717, 1.165) is 0 Å². The predicted octanol–water partition coefficient (Wildman–Crippen LogP) is 2.07. The Labute approximate surface area is 115 Å². The van der Waals surface area contributed by atoms with Crippen LogP contribution in [0.15, 0.2) is 33.8 Å². The molecule has 2 aromatic rings. The van der Waals surface area contributed by atoms with Crippen molar-refractivity contribution in [2.45, 2.75) is 24.8 Å². The lowest BCUT2D eigenvalue weighted by Crippen LogP contribution is -2.27. The fourth-order valence-electron chi connectivity index (χ4n) is 1.44. The minimum Gasteiger partial charge on any atom is -0.444 e. The van der Waals surface area contributed by atoms with Gasteiger partial charge in [-0.1, -0.05) is 11.6 Å². The quantitative estimate of drug-likeness (QED) is 0.874. The van der Waals surface area contributed by atoms with Crippen LogP contribution >= 0.6 is 11.6 Å². The Balaban J connectivity index is 2.19. The molecule has 0 aliphatic rings. The molecule has 0 radical (unpaired) electrons. The molecular formula is C11H12ClN3O3S. The summed E-state index contributed by atoms with van der Waals surface area (Å²) in [6, 6.07) is 2.22.